The number of nitrogens with one attached hydrogen (secondary N) is 1. The second kappa shape index (κ2) is 9.35. The molecule has 0 atom stereocenters. The zero-order valence-electron chi connectivity index (χ0n) is 17.5. The highest BCUT2D eigenvalue weighted by molar-refractivity contribution is 5.89. The topological polar surface area (TPSA) is 65.5 Å². The lowest BCUT2D eigenvalue weighted by molar-refractivity contribution is -0.137. The Kier molecular flexibility index (Phi) is 6.33. The van der Waals surface area contributed by atoms with Crippen molar-refractivity contribution < 1.29 is 23.1 Å². The second-order valence-corrected chi connectivity index (χ2v) is 7.51. The molecule has 2 N–H and O–H groups in total. The molecule has 168 valence electrons. The van der Waals surface area contributed by atoms with E-state index in [9.17, 15) is 23.1 Å². The summed E-state index contributed by atoms with van der Waals surface area (Å²) in [4.78, 5) is 17.4. The summed E-state index contributed by atoms with van der Waals surface area (Å²) in [5.41, 5.74) is 0.502. The van der Waals surface area contributed by atoms with Gasteiger partial charge in [0.1, 0.15) is 5.75 Å². The van der Waals surface area contributed by atoms with Crippen molar-refractivity contribution in [3.63, 3.8) is 0 Å². The fraction of sp³-hybridized carbons (Fsp3) is 0.200. The first-order valence-corrected chi connectivity index (χ1v) is 10.3. The van der Waals surface area contributed by atoms with Gasteiger partial charge in [-0.3, -0.25) is 9.78 Å². The van der Waals surface area contributed by atoms with Gasteiger partial charge in [-0.15, -0.1) is 0 Å². The Morgan fingerprint density at radius 2 is 1.79 bits per heavy atom. The molecule has 1 saturated heterocycles. The summed E-state index contributed by atoms with van der Waals surface area (Å²) in [5, 5.41) is 12.7. The lowest BCUT2D eigenvalue weighted by atomic mass is 9.96. The van der Waals surface area contributed by atoms with E-state index < -0.39 is 17.3 Å². The third kappa shape index (κ3) is 4.99. The van der Waals surface area contributed by atoms with Crippen LogP contribution in [0.25, 0.3) is 11.3 Å². The number of aromatic hydroxyl groups is 1. The molecule has 0 aliphatic carbocycles. The Balaban J connectivity index is 1.76. The SMILES string of the molecule is O=Cc1ccc(-c2ccc(C#Cc3cccc(O)c3)cn2)c(N2CCNCC2)c1C(F)(F)F. The molecule has 0 spiro atoms. The van der Waals surface area contributed by atoms with Crippen molar-refractivity contribution in [3.8, 4) is 28.8 Å². The van der Waals surface area contributed by atoms with Crippen molar-refractivity contribution >= 4 is 12.0 Å². The molecule has 1 aromatic heterocycles. The zero-order valence-corrected chi connectivity index (χ0v) is 17.5. The monoisotopic (exact) mass is 451 g/mol. The summed E-state index contributed by atoms with van der Waals surface area (Å²) in [5.74, 6) is 5.95. The molecule has 1 aliphatic rings. The number of piperazine rings is 1. The van der Waals surface area contributed by atoms with Crippen molar-refractivity contribution in [2.75, 3.05) is 31.1 Å². The van der Waals surface area contributed by atoms with Crippen LogP contribution in [0.3, 0.4) is 0 Å². The molecule has 4 rings (SSSR count). The van der Waals surface area contributed by atoms with Crippen LogP contribution in [-0.2, 0) is 6.18 Å². The van der Waals surface area contributed by atoms with Gasteiger partial charge in [-0.05, 0) is 36.4 Å². The normalized spacial score (nSPS) is 13.8. The van der Waals surface area contributed by atoms with Gasteiger partial charge in [-0.25, -0.2) is 0 Å². The molecule has 0 bridgehead atoms. The maximum absolute atomic E-state index is 14.0. The van der Waals surface area contributed by atoms with Crippen LogP contribution in [0.15, 0.2) is 54.7 Å². The number of phenolic OH excluding ortho intramolecular Hbond substituents is 1. The van der Waals surface area contributed by atoms with E-state index in [0.29, 0.717) is 48.6 Å². The van der Waals surface area contributed by atoms with Crippen LogP contribution in [0.1, 0.15) is 27.0 Å². The van der Waals surface area contributed by atoms with Gasteiger partial charge in [0.05, 0.1) is 16.9 Å². The summed E-state index contributed by atoms with van der Waals surface area (Å²) in [6, 6.07) is 12.5. The van der Waals surface area contributed by atoms with Crippen molar-refractivity contribution in [1.82, 2.24) is 10.3 Å². The van der Waals surface area contributed by atoms with Crippen LogP contribution in [-0.4, -0.2) is 42.6 Å². The molecule has 0 unspecified atom stereocenters. The molecule has 8 heteroatoms. The Labute approximate surface area is 188 Å². The van der Waals surface area contributed by atoms with Crippen LogP contribution in [0.2, 0.25) is 0 Å². The van der Waals surface area contributed by atoms with Crippen molar-refractivity contribution in [3.05, 3.63) is 77.0 Å². The summed E-state index contributed by atoms with van der Waals surface area (Å²) in [7, 11) is 0. The highest BCUT2D eigenvalue weighted by atomic mass is 19.4. The van der Waals surface area contributed by atoms with Crippen LogP contribution < -0.4 is 10.2 Å². The van der Waals surface area contributed by atoms with Crippen molar-refractivity contribution in [2.24, 2.45) is 0 Å². The van der Waals surface area contributed by atoms with Crippen LogP contribution in [0.5, 0.6) is 5.75 Å². The van der Waals surface area contributed by atoms with Gasteiger partial charge in [0.25, 0.3) is 0 Å². The van der Waals surface area contributed by atoms with Gasteiger partial charge >= 0.3 is 6.18 Å². The highest BCUT2D eigenvalue weighted by Gasteiger charge is 2.39. The average molecular weight is 451 g/mol. The number of halogens is 3. The molecule has 1 fully saturated rings. The predicted octanol–water partition coefficient (Wildman–Crippen LogP) is 4.09. The van der Waals surface area contributed by atoms with Gasteiger partial charge in [0.15, 0.2) is 6.29 Å². The standard InChI is InChI=1S/C25H20F3N3O2/c26-25(27,28)23-19(16-32)7-8-21(24(23)31-12-10-29-11-13-31)22-9-6-18(15-30-22)5-4-17-2-1-3-20(33)14-17/h1-3,6-9,14-16,29,33H,10-13H2. The summed E-state index contributed by atoms with van der Waals surface area (Å²) < 4.78 is 42.1. The lowest BCUT2D eigenvalue weighted by Crippen LogP contribution is -2.44. The van der Waals surface area contributed by atoms with Gasteiger partial charge in [-0.2, -0.15) is 13.2 Å². The largest absolute Gasteiger partial charge is 0.508 e. The molecule has 5 nitrogen and oxygen atoms in total. The van der Waals surface area contributed by atoms with E-state index in [2.05, 4.69) is 22.1 Å². The minimum absolute atomic E-state index is 0.0281. The van der Waals surface area contributed by atoms with E-state index >= 15 is 0 Å². The highest BCUT2D eigenvalue weighted by Crippen LogP contribution is 2.44. The smallest absolute Gasteiger partial charge is 0.419 e. The van der Waals surface area contributed by atoms with Gasteiger partial charge in [0, 0.05) is 54.6 Å². The quantitative estimate of drug-likeness (QED) is 0.464. The molecule has 0 amide bonds. The lowest BCUT2D eigenvalue weighted by Gasteiger charge is -2.33. The summed E-state index contributed by atoms with van der Waals surface area (Å²) >= 11 is 0. The maximum atomic E-state index is 14.0. The number of carbonyl (C=O) groups excluding carboxylic acids is 1. The van der Waals surface area contributed by atoms with Crippen molar-refractivity contribution in [2.45, 2.75) is 6.18 Å². The third-order valence-corrected chi connectivity index (χ3v) is 5.29. The Morgan fingerprint density at radius 3 is 2.42 bits per heavy atom. The van der Waals surface area contributed by atoms with E-state index in [-0.39, 0.29) is 17.7 Å². The molecule has 2 aromatic carbocycles. The molecule has 3 aromatic rings. The number of aldehydes is 1. The first kappa shape index (κ1) is 22.4. The van der Waals surface area contributed by atoms with E-state index in [1.54, 1.807) is 35.2 Å². The number of aromatic nitrogens is 1. The van der Waals surface area contributed by atoms with Crippen LogP contribution in [0, 0.1) is 11.8 Å². The summed E-state index contributed by atoms with van der Waals surface area (Å²) in [6.45, 7) is 1.84. The van der Waals surface area contributed by atoms with E-state index in [1.807, 2.05) is 0 Å². The minimum Gasteiger partial charge on any atom is -0.508 e. The Hall–Kier alpha value is -3.83. The fourth-order valence-corrected chi connectivity index (χ4v) is 3.78. The summed E-state index contributed by atoms with van der Waals surface area (Å²) in [6.07, 6.45) is -2.96. The van der Waals surface area contributed by atoms with Crippen LogP contribution in [0.4, 0.5) is 18.9 Å². The number of benzene rings is 2. The first-order valence-electron chi connectivity index (χ1n) is 10.3. The maximum Gasteiger partial charge on any atom is 0.419 e. The molecular formula is C25H20F3N3O2. The number of carbonyl (C=O) groups is 1. The number of phenols is 1. The number of hydrogen-bond donors (Lipinski definition) is 2. The predicted molar refractivity (Wildman–Crippen MR) is 119 cm³/mol. The molecule has 33 heavy (non-hydrogen) atoms. The van der Waals surface area contributed by atoms with Crippen LogP contribution >= 0.6 is 0 Å². The van der Waals surface area contributed by atoms with E-state index in [1.165, 1.54) is 24.4 Å². The number of hydrogen-bond acceptors (Lipinski definition) is 5. The second-order valence-electron chi connectivity index (χ2n) is 7.51. The van der Waals surface area contributed by atoms with Gasteiger partial charge in [0.2, 0.25) is 0 Å². The van der Waals surface area contributed by atoms with Crippen molar-refractivity contribution in [1.29, 1.82) is 0 Å². The fourth-order valence-electron chi connectivity index (χ4n) is 3.78. The van der Waals surface area contributed by atoms with E-state index in [4.69, 9.17) is 0 Å². The number of alkyl halides is 3. The van der Waals surface area contributed by atoms with Gasteiger partial charge < -0.3 is 15.3 Å². The third-order valence-electron chi connectivity index (χ3n) is 5.29. The average Bonchev–Trinajstić information content (AvgIpc) is 2.82. The molecule has 1 aliphatic heterocycles. The molecular weight excluding hydrogens is 431 g/mol. The molecule has 0 radical (unpaired) electrons. The minimum atomic E-state index is -4.70. The number of rotatable bonds is 3. The van der Waals surface area contributed by atoms with E-state index in [0.717, 1.165) is 0 Å². The Morgan fingerprint density at radius 1 is 1.03 bits per heavy atom. The number of nitrogens with zero attached hydrogens (tertiary/aromatic N) is 2. The molecule has 0 saturated carbocycles. The first-order chi connectivity index (χ1) is 15.9. The number of anilines is 1. The zero-order chi connectivity index (χ0) is 23.4. The van der Waals surface area contributed by atoms with Gasteiger partial charge in [-0.1, -0.05) is 24.0 Å². The Bertz CT molecular complexity index is 1220. The molecule has 2 heterocycles. The number of pyridine rings is 1.